The molecular formula is C20H17BrN3O3S-. The fourth-order valence-electron chi connectivity index (χ4n) is 2.83. The third kappa shape index (κ3) is 4.41. The first-order valence-corrected chi connectivity index (χ1v) is 10.2. The summed E-state index contributed by atoms with van der Waals surface area (Å²) in [5.74, 6) is 0. The summed E-state index contributed by atoms with van der Waals surface area (Å²) < 4.78 is 25.9. The lowest BCUT2D eigenvalue weighted by Gasteiger charge is -2.32. The van der Waals surface area contributed by atoms with Crippen molar-refractivity contribution in [3.05, 3.63) is 88.9 Å². The zero-order valence-electron chi connectivity index (χ0n) is 14.7. The molecule has 2 N–H and O–H groups in total. The summed E-state index contributed by atoms with van der Waals surface area (Å²) in [5, 5.41) is 0. The highest BCUT2D eigenvalue weighted by molar-refractivity contribution is 9.10. The maximum atomic E-state index is 12.3. The minimum atomic E-state index is -2.56. The predicted molar refractivity (Wildman–Crippen MR) is 114 cm³/mol. The molecule has 0 heterocycles. The van der Waals surface area contributed by atoms with Gasteiger partial charge in [0.2, 0.25) is 0 Å². The standard InChI is InChI=1S/C20H18BrN3O3S/c21-16-10-4-5-11-17(16)24(20(22)25)19-13-7-6-12-18(19)23(28(26)27)14-15-8-2-1-3-9-15/h1-13H,14H2,(H2,22,25)(H,26,27)/p-1. The Kier molecular flexibility index (Phi) is 6.45. The molecule has 28 heavy (non-hydrogen) atoms. The van der Waals surface area contributed by atoms with Crippen LogP contribution in [0.4, 0.5) is 21.9 Å². The molecule has 0 aliphatic carbocycles. The number of hydrogen-bond acceptors (Lipinski definition) is 3. The van der Waals surface area contributed by atoms with Gasteiger partial charge >= 0.3 is 6.03 Å². The average Bonchev–Trinajstić information content (AvgIpc) is 2.69. The van der Waals surface area contributed by atoms with Gasteiger partial charge in [0.05, 0.1) is 23.6 Å². The number of halogens is 1. The number of primary amides is 1. The minimum absolute atomic E-state index is 0.122. The fourth-order valence-corrected chi connectivity index (χ4v) is 3.86. The van der Waals surface area contributed by atoms with E-state index in [1.165, 1.54) is 9.21 Å². The summed E-state index contributed by atoms with van der Waals surface area (Å²) in [6.45, 7) is 0.122. The van der Waals surface area contributed by atoms with Crippen molar-refractivity contribution < 1.29 is 13.6 Å². The van der Waals surface area contributed by atoms with Crippen molar-refractivity contribution in [3.63, 3.8) is 0 Å². The van der Waals surface area contributed by atoms with Crippen molar-refractivity contribution >= 4 is 50.3 Å². The highest BCUT2D eigenvalue weighted by Crippen LogP contribution is 2.38. The number of carbonyl (C=O) groups is 1. The van der Waals surface area contributed by atoms with Crippen molar-refractivity contribution in [3.8, 4) is 0 Å². The first-order chi connectivity index (χ1) is 13.5. The summed E-state index contributed by atoms with van der Waals surface area (Å²) in [4.78, 5) is 13.6. The van der Waals surface area contributed by atoms with Crippen LogP contribution < -0.4 is 14.9 Å². The van der Waals surface area contributed by atoms with Gasteiger partial charge in [-0.3, -0.25) is 13.4 Å². The van der Waals surface area contributed by atoms with Crippen molar-refractivity contribution in [2.24, 2.45) is 5.73 Å². The van der Waals surface area contributed by atoms with Crippen molar-refractivity contribution in [1.29, 1.82) is 0 Å². The van der Waals surface area contributed by atoms with E-state index in [0.717, 1.165) is 5.56 Å². The Bertz CT molecular complexity index is 1000. The SMILES string of the molecule is NC(=O)N(c1ccccc1Br)c1ccccc1N(Cc1ccccc1)S(=O)[O-]. The van der Waals surface area contributed by atoms with Crippen LogP contribution in [0.15, 0.2) is 83.3 Å². The van der Waals surface area contributed by atoms with Crippen molar-refractivity contribution in [1.82, 2.24) is 0 Å². The van der Waals surface area contributed by atoms with Gasteiger partial charge < -0.3 is 10.3 Å². The van der Waals surface area contributed by atoms with Crippen LogP contribution in [0.1, 0.15) is 5.56 Å². The Balaban J connectivity index is 2.11. The Morgan fingerprint density at radius 2 is 1.43 bits per heavy atom. The maximum absolute atomic E-state index is 12.3. The Hall–Kier alpha value is -2.68. The molecule has 2 amide bonds. The molecule has 0 fully saturated rings. The Morgan fingerprint density at radius 3 is 2.00 bits per heavy atom. The van der Waals surface area contributed by atoms with E-state index >= 15 is 0 Å². The van der Waals surface area contributed by atoms with Gasteiger partial charge in [0.25, 0.3) is 0 Å². The first kappa shape index (κ1) is 20.1. The third-order valence-electron chi connectivity index (χ3n) is 4.05. The lowest BCUT2D eigenvalue weighted by Crippen LogP contribution is -2.34. The average molecular weight is 459 g/mol. The van der Waals surface area contributed by atoms with Gasteiger partial charge in [-0.1, -0.05) is 54.6 Å². The number of anilines is 3. The summed E-state index contributed by atoms with van der Waals surface area (Å²) >= 11 is 0.858. The van der Waals surface area contributed by atoms with Crippen LogP contribution in [0.2, 0.25) is 0 Å². The van der Waals surface area contributed by atoms with Gasteiger partial charge in [-0.15, -0.1) is 0 Å². The quantitative estimate of drug-likeness (QED) is 0.552. The van der Waals surface area contributed by atoms with E-state index in [1.807, 2.05) is 36.4 Å². The van der Waals surface area contributed by atoms with Gasteiger partial charge in [0, 0.05) is 15.7 Å². The molecule has 0 aliphatic rings. The van der Waals surface area contributed by atoms with Crippen LogP contribution >= 0.6 is 15.9 Å². The molecule has 3 rings (SSSR count). The summed E-state index contributed by atoms with van der Waals surface area (Å²) in [6.07, 6.45) is 0. The predicted octanol–water partition coefficient (Wildman–Crippen LogP) is 4.47. The molecule has 8 heteroatoms. The molecular weight excluding hydrogens is 442 g/mol. The number of nitrogens with zero attached hydrogens (tertiary/aromatic N) is 2. The number of benzene rings is 3. The van der Waals surface area contributed by atoms with Crippen molar-refractivity contribution in [2.75, 3.05) is 9.21 Å². The topological polar surface area (TPSA) is 89.7 Å². The van der Waals surface area contributed by atoms with Gasteiger partial charge in [-0.05, 0) is 45.8 Å². The summed E-state index contributed by atoms with van der Waals surface area (Å²) in [5.41, 5.74) is 7.69. The van der Waals surface area contributed by atoms with E-state index < -0.39 is 17.3 Å². The van der Waals surface area contributed by atoms with Crippen LogP contribution in [0.25, 0.3) is 0 Å². The zero-order chi connectivity index (χ0) is 20.1. The van der Waals surface area contributed by atoms with Crippen LogP contribution in [-0.4, -0.2) is 14.8 Å². The van der Waals surface area contributed by atoms with E-state index in [0.29, 0.717) is 21.5 Å². The Labute approximate surface area is 174 Å². The summed E-state index contributed by atoms with van der Waals surface area (Å²) in [7, 11) is 0. The molecule has 0 saturated carbocycles. The smallest absolute Gasteiger partial charge is 0.323 e. The fraction of sp³-hybridized carbons (Fsp3) is 0.0500. The van der Waals surface area contributed by atoms with Gasteiger partial charge in [0.1, 0.15) is 0 Å². The van der Waals surface area contributed by atoms with Gasteiger partial charge in [-0.2, -0.15) is 0 Å². The number of carbonyl (C=O) groups excluding carboxylic acids is 1. The van der Waals surface area contributed by atoms with Crippen LogP contribution in [0.5, 0.6) is 0 Å². The normalized spacial score (nSPS) is 11.6. The van der Waals surface area contributed by atoms with E-state index in [9.17, 15) is 13.6 Å². The molecule has 1 unspecified atom stereocenters. The van der Waals surface area contributed by atoms with Crippen molar-refractivity contribution in [2.45, 2.75) is 6.54 Å². The third-order valence-corrected chi connectivity index (χ3v) is 5.41. The van der Waals surface area contributed by atoms with Crippen LogP contribution in [-0.2, 0) is 17.8 Å². The second-order valence-electron chi connectivity index (χ2n) is 5.85. The molecule has 0 spiro atoms. The number of nitrogens with two attached hydrogens (primary N) is 1. The van der Waals surface area contributed by atoms with Crippen LogP contribution in [0.3, 0.4) is 0 Å². The van der Waals surface area contributed by atoms with Gasteiger partial charge in [-0.25, -0.2) is 4.79 Å². The Morgan fingerprint density at radius 1 is 0.893 bits per heavy atom. The zero-order valence-corrected chi connectivity index (χ0v) is 17.1. The maximum Gasteiger partial charge on any atom is 0.323 e. The second kappa shape index (κ2) is 9.01. The largest absolute Gasteiger partial charge is 0.755 e. The molecule has 0 radical (unpaired) electrons. The second-order valence-corrected chi connectivity index (χ2v) is 7.58. The molecule has 3 aromatic rings. The van der Waals surface area contributed by atoms with E-state index in [4.69, 9.17) is 5.73 Å². The molecule has 0 bridgehead atoms. The van der Waals surface area contributed by atoms with E-state index in [-0.39, 0.29) is 6.54 Å². The molecule has 0 saturated heterocycles. The highest BCUT2D eigenvalue weighted by Gasteiger charge is 2.23. The van der Waals surface area contributed by atoms with Gasteiger partial charge in [0.15, 0.2) is 0 Å². The minimum Gasteiger partial charge on any atom is -0.755 e. The van der Waals surface area contributed by atoms with E-state index in [2.05, 4.69) is 15.9 Å². The lowest BCUT2D eigenvalue weighted by molar-refractivity contribution is 0.256. The first-order valence-electron chi connectivity index (χ1n) is 8.33. The molecule has 144 valence electrons. The molecule has 1 atom stereocenters. The number of para-hydroxylation sites is 3. The number of hydrogen-bond donors (Lipinski definition) is 1. The molecule has 3 aromatic carbocycles. The number of amides is 2. The molecule has 0 aliphatic heterocycles. The monoisotopic (exact) mass is 458 g/mol. The lowest BCUT2D eigenvalue weighted by atomic mass is 10.2. The molecule has 6 nitrogen and oxygen atoms in total. The van der Waals surface area contributed by atoms with Crippen LogP contribution in [0, 0.1) is 0 Å². The number of rotatable bonds is 6. The summed E-state index contributed by atoms with van der Waals surface area (Å²) in [6, 6.07) is 22.3. The molecule has 0 aromatic heterocycles. The highest BCUT2D eigenvalue weighted by atomic mass is 79.9. The van der Waals surface area contributed by atoms with E-state index in [1.54, 1.807) is 42.5 Å². The number of urea groups is 1.